The normalized spacial score (nSPS) is 19.9. The van der Waals surface area contributed by atoms with Gasteiger partial charge in [0.25, 0.3) is 0 Å². The van der Waals surface area contributed by atoms with Gasteiger partial charge in [0.2, 0.25) is 5.91 Å². The largest absolute Gasteiger partial charge is 0.369 e. The van der Waals surface area contributed by atoms with E-state index in [1.807, 2.05) is 32.6 Å². The fourth-order valence-electron chi connectivity index (χ4n) is 5.77. The molecule has 0 spiro atoms. The van der Waals surface area contributed by atoms with E-state index in [-0.39, 0.29) is 5.91 Å². The van der Waals surface area contributed by atoms with E-state index < -0.39 is 0 Å². The molecule has 3 heterocycles. The van der Waals surface area contributed by atoms with Crippen LogP contribution < -0.4 is 10.6 Å². The van der Waals surface area contributed by atoms with Gasteiger partial charge in [0.05, 0.1) is 5.69 Å². The monoisotopic (exact) mass is 565 g/mol. The molecular weight excluding hydrogens is 506 g/mol. The molecule has 0 bridgehead atoms. The van der Waals surface area contributed by atoms with Gasteiger partial charge in [-0.1, -0.05) is 53.9 Å². The molecule has 1 saturated heterocycles. The fraction of sp³-hybridized carbons (Fsp3) is 0.657. The summed E-state index contributed by atoms with van der Waals surface area (Å²) in [5.74, 6) is 2.56. The van der Waals surface area contributed by atoms with E-state index in [0.29, 0.717) is 18.5 Å². The molecule has 1 unspecified atom stereocenters. The van der Waals surface area contributed by atoms with Crippen LogP contribution in [0.25, 0.3) is 5.57 Å². The lowest BCUT2D eigenvalue weighted by molar-refractivity contribution is -0.125. The first-order valence-corrected chi connectivity index (χ1v) is 16.3. The predicted octanol–water partition coefficient (Wildman–Crippen LogP) is 7.22. The molecule has 2 saturated carbocycles. The molecule has 1 aromatic rings. The standard InChI is InChI=1S/C28H38N4O.C3H9N.2C2H6/c1-6-25(33)30-13-7-8-23(16-30)26-19(4)20(5)28(29-27(26)22-11-12-22)31-14-15-32(18(2)3)24(17-31)21-9-10-21;1-2-3-4;2*1-2/h6,8,21-22,24H,1-2,7,9-17H2,3-5H3;2-4H2,1H3;2*1-2H3. The number of piperazine rings is 1. The molecule has 1 atom stereocenters. The summed E-state index contributed by atoms with van der Waals surface area (Å²) >= 11 is 0. The Morgan fingerprint density at radius 3 is 2.22 bits per heavy atom. The molecule has 2 aliphatic carbocycles. The lowest BCUT2D eigenvalue weighted by Gasteiger charge is -2.44. The van der Waals surface area contributed by atoms with Gasteiger partial charge in [-0.25, -0.2) is 4.98 Å². The zero-order valence-electron chi connectivity index (χ0n) is 27.6. The van der Waals surface area contributed by atoms with E-state index in [0.717, 1.165) is 51.5 Å². The van der Waals surface area contributed by atoms with Crippen LogP contribution in [0.3, 0.4) is 0 Å². The van der Waals surface area contributed by atoms with E-state index in [2.05, 4.69) is 56.7 Å². The molecule has 2 N–H and O–H groups in total. The molecule has 230 valence electrons. The summed E-state index contributed by atoms with van der Waals surface area (Å²) in [5, 5.41) is 0. The van der Waals surface area contributed by atoms with E-state index >= 15 is 0 Å². The number of pyridine rings is 1. The molecule has 6 nitrogen and oxygen atoms in total. The van der Waals surface area contributed by atoms with Crippen molar-refractivity contribution in [3.8, 4) is 0 Å². The van der Waals surface area contributed by atoms with Crippen LogP contribution in [0.1, 0.15) is 108 Å². The first-order chi connectivity index (χ1) is 19.8. The highest BCUT2D eigenvalue weighted by atomic mass is 16.2. The third-order valence-electron chi connectivity index (χ3n) is 8.34. The second kappa shape index (κ2) is 16.7. The lowest BCUT2D eigenvalue weighted by Crippen LogP contribution is -2.53. The molecule has 0 radical (unpaired) electrons. The Hall–Kier alpha value is -2.60. The highest BCUT2D eigenvalue weighted by Crippen LogP contribution is 2.46. The summed E-state index contributed by atoms with van der Waals surface area (Å²) in [6.07, 6.45) is 10.9. The molecule has 1 amide bonds. The maximum atomic E-state index is 12.3. The third kappa shape index (κ3) is 8.70. The van der Waals surface area contributed by atoms with Crippen LogP contribution in [0.2, 0.25) is 0 Å². The number of hydrogen-bond donors (Lipinski definition) is 1. The van der Waals surface area contributed by atoms with Crippen LogP contribution in [0.5, 0.6) is 0 Å². The molecule has 1 aromatic heterocycles. The molecule has 41 heavy (non-hydrogen) atoms. The minimum absolute atomic E-state index is 0.0222. The Morgan fingerprint density at radius 2 is 1.71 bits per heavy atom. The van der Waals surface area contributed by atoms with E-state index in [4.69, 9.17) is 10.7 Å². The van der Waals surface area contributed by atoms with Gasteiger partial charge in [-0.05, 0) is 94.5 Å². The predicted molar refractivity (Wildman–Crippen MR) is 177 cm³/mol. The summed E-state index contributed by atoms with van der Waals surface area (Å²) in [4.78, 5) is 24.7. The molecule has 0 aromatic carbocycles. The first kappa shape index (κ1) is 34.6. The van der Waals surface area contributed by atoms with Crippen molar-refractivity contribution in [3.63, 3.8) is 0 Å². The van der Waals surface area contributed by atoms with E-state index in [1.54, 1.807) is 0 Å². The Balaban J connectivity index is 0.000000666. The van der Waals surface area contributed by atoms with Crippen LogP contribution in [-0.2, 0) is 4.79 Å². The summed E-state index contributed by atoms with van der Waals surface area (Å²) < 4.78 is 0. The minimum Gasteiger partial charge on any atom is -0.369 e. The van der Waals surface area contributed by atoms with Crippen LogP contribution in [0.15, 0.2) is 31.0 Å². The number of anilines is 1. The quantitative estimate of drug-likeness (QED) is 0.354. The smallest absolute Gasteiger partial charge is 0.246 e. The maximum Gasteiger partial charge on any atom is 0.246 e. The SMILES string of the molecule is C=CC(=O)N1CCC=C(c2c(C3CC3)nc(N3CCN(C(=C)C)C(C4CC4)C3)c(C)c2C)C1.CC.CC.CCCN. The zero-order chi connectivity index (χ0) is 30.7. The highest BCUT2D eigenvalue weighted by molar-refractivity contribution is 5.89. The Labute approximate surface area is 251 Å². The highest BCUT2D eigenvalue weighted by Gasteiger charge is 2.40. The van der Waals surface area contributed by atoms with Crippen molar-refractivity contribution >= 4 is 17.3 Å². The number of allylic oxidation sites excluding steroid dienone is 1. The van der Waals surface area contributed by atoms with Crippen molar-refractivity contribution in [1.82, 2.24) is 14.8 Å². The van der Waals surface area contributed by atoms with Gasteiger partial charge < -0.3 is 20.4 Å². The van der Waals surface area contributed by atoms with Crippen molar-refractivity contribution < 1.29 is 4.79 Å². The van der Waals surface area contributed by atoms with Crippen LogP contribution in [-0.4, -0.2) is 66.0 Å². The van der Waals surface area contributed by atoms with Gasteiger partial charge in [-0.15, -0.1) is 0 Å². The summed E-state index contributed by atoms with van der Waals surface area (Å²) in [6.45, 7) is 30.0. The van der Waals surface area contributed by atoms with Crippen molar-refractivity contribution in [1.29, 1.82) is 0 Å². The number of amides is 1. The molecule has 4 aliphatic rings. The zero-order valence-corrected chi connectivity index (χ0v) is 27.6. The van der Waals surface area contributed by atoms with Crippen molar-refractivity contribution in [2.75, 3.05) is 44.2 Å². The van der Waals surface area contributed by atoms with Crippen molar-refractivity contribution in [3.05, 3.63) is 53.4 Å². The second-order valence-corrected chi connectivity index (χ2v) is 11.3. The van der Waals surface area contributed by atoms with Crippen LogP contribution in [0, 0.1) is 19.8 Å². The summed E-state index contributed by atoms with van der Waals surface area (Å²) in [5.41, 5.74) is 12.7. The van der Waals surface area contributed by atoms with Gasteiger partial charge in [0.1, 0.15) is 5.82 Å². The van der Waals surface area contributed by atoms with Gasteiger partial charge in [-0.2, -0.15) is 0 Å². The van der Waals surface area contributed by atoms with E-state index in [1.165, 1.54) is 71.2 Å². The number of rotatable bonds is 7. The van der Waals surface area contributed by atoms with Crippen molar-refractivity contribution in [2.24, 2.45) is 11.7 Å². The summed E-state index contributed by atoms with van der Waals surface area (Å²) in [6, 6.07) is 0.557. The number of carbonyl (C=O) groups excluding carboxylic acids is 1. The molecule has 5 rings (SSSR count). The van der Waals surface area contributed by atoms with Gasteiger partial charge >= 0.3 is 0 Å². The Bertz CT molecular complexity index is 1050. The Kier molecular flexibility index (Phi) is 14.1. The second-order valence-electron chi connectivity index (χ2n) is 11.3. The van der Waals surface area contributed by atoms with Crippen LogP contribution in [0.4, 0.5) is 5.82 Å². The number of nitrogens with zero attached hydrogens (tertiary/aromatic N) is 4. The number of hydrogen-bond acceptors (Lipinski definition) is 5. The minimum atomic E-state index is 0.0222. The van der Waals surface area contributed by atoms with Gasteiger partial charge in [0.15, 0.2) is 0 Å². The van der Waals surface area contributed by atoms with Gasteiger partial charge in [0, 0.05) is 55.9 Å². The molecular formula is C35H59N5O. The molecule has 2 aliphatic heterocycles. The lowest BCUT2D eigenvalue weighted by atomic mass is 9.91. The average Bonchev–Trinajstić information content (AvgIpc) is 3.94. The summed E-state index contributed by atoms with van der Waals surface area (Å²) in [7, 11) is 0. The number of carbonyl (C=O) groups is 1. The Morgan fingerprint density at radius 1 is 1.07 bits per heavy atom. The molecule has 3 fully saturated rings. The van der Waals surface area contributed by atoms with E-state index in [9.17, 15) is 4.79 Å². The van der Waals surface area contributed by atoms with Crippen LogP contribution >= 0.6 is 0 Å². The van der Waals surface area contributed by atoms with Crippen molar-refractivity contribution in [2.45, 2.75) is 106 Å². The maximum absolute atomic E-state index is 12.3. The average molecular weight is 566 g/mol. The fourth-order valence-corrected chi connectivity index (χ4v) is 5.77. The first-order valence-electron chi connectivity index (χ1n) is 16.3. The molecule has 6 heteroatoms. The number of aromatic nitrogens is 1. The van der Waals surface area contributed by atoms with Gasteiger partial charge in [-0.3, -0.25) is 4.79 Å². The number of nitrogens with two attached hydrogens (primary N) is 1. The third-order valence-corrected chi connectivity index (χ3v) is 8.34. The topological polar surface area (TPSA) is 65.7 Å².